The van der Waals surface area contributed by atoms with E-state index in [4.69, 9.17) is 5.11 Å². The van der Waals surface area contributed by atoms with E-state index in [-0.39, 0.29) is 23.7 Å². The SMILES string of the molecule is O=C1CCC(c2cccc(N3CC(C(=O)O)C3)c2)C(=O)N1. The molecule has 6 nitrogen and oxygen atoms in total. The average Bonchev–Trinajstić information content (AvgIpc) is 2.36. The summed E-state index contributed by atoms with van der Waals surface area (Å²) in [6, 6.07) is 7.56. The van der Waals surface area contributed by atoms with Gasteiger partial charge in [-0.2, -0.15) is 0 Å². The van der Waals surface area contributed by atoms with Crippen LogP contribution in [0.3, 0.4) is 0 Å². The summed E-state index contributed by atoms with van der Waals surface area (Å²) in [5.41, 5.74) is 1.80. The fourth-order valence-electron chi connectivity index (χ4n) is 2.80. The van der Waals surface area contributed by atoms with Gasteiger partial charge in [-0.25, -0.2) is 0 Å². The molecule has 0 aromatic heterocycles. The number of benzene rings is 1. The van der Waals surface area contributed by atoms with E-state index in [0.29, 0.717) is 25.9 Å². The fourth-order valence-corrected chi connectivity index (χ4v) is 2.80. The lowest BCUT2D eigenvalue weighted by atomic mass is 9.89. The van der Waals surface area contributed by atoms with Gasteiger partial charge in [-0.15, -0.1) is 0 Å². The van der Waals surface area contributed by atoms with Gasteiger partial charge in [-0.1, -0.05) is 12.1 Å². The first kappa shape index (κ1) is 13.6. The number of anilines is 1. The summed E-state index contributed by atoms with van der Waals surface area (Å²) < 4.78 is 0. The van der Waals surface area contributed by atoms with Gasteiger partial charge in [-0.3, -0.25) is 19.7 Å². The minimum Gasteiger partial charge on any atom is -0.481 e. The Balaban J connectivity index is 1.74. The third-order valence-corrected chi connectivity index (χ3v) is 4.11. The van der Waals surface area contributed by atoms with Gasteiger partial charge in [-0.05, 0) is 24.1 Å². The second-order valence-electron chi connectivity index (χ2n) is 5.54. The first-order valence-electron chi connectivity index (χ1n) is 6.96. The van der Waals surface area contributed by atoms with Gasteiger partial charge >= 0.3 is 5.97 Å². The number of rotatable bonds is 3. The lowest BCUT2D eigenvalue weighted by Crippen LogP contribution is -2.50. The number of aliphatic carboxylic acids is 1. The van der Waals surface area contributed by atoms with Crippen LogP contribution in [0.5, 0.6) is 0 Å². The number of amides is 2. The second kappa shape index (κ2) is 5.20. The molecule has 0 aliphatic carbocycles. The molecule has 6 heteroatoms. The molecule has 2 saturated heterocycles. The summed E-state index contributed by atoms with van der Waals surface area (Å²) in [6.45, 7) is 0.988. The molecule has 1 aromatic carbocycles. The lowest BCUT2D eigenvalue weighted by Gasteiger charge is -2.39. The zero-order valence-corrected chi connectivity index (χ0v) is 11.4. The van der Waals surface area contributed by atoms with E-state index < -0.39 is 5.97 Å². The molecule has 1 unspecified atom stereocenters. The molecule has 2 aliphatic heterocycles. The van der Waals surface area contributed by atoms with Gasteiger partial charge in [0.25, 0.3) is 0 Å². The van der Waals surface area contributed by atoms with Crippen molar-refractivity contribution in [1.29, 1.82) is 0 Å². The standard InChI is InChI=1S/C15H16N2O4/c18-13-5-4-12(14(19)16-13)9-2-1-3-11(6-9)17-7-10(8-17)15(20)21/h1-3,6,10,12H,4-5,7-8H2,(H,20,21)(H,16,18,19). The fraction of sp³-hybridized carbons (Fsp3) is 0.400. The number of carbonyl (C=O) groups is 3. The van der Waals surface area contributed by atoms with E-state index in [1.807, 2.05) is 29.2 Å². The Hall–Kier alpha value is -2.37. The van der Waals surface area contributed by atoms with Crippen LogP contribution in [-0.2, 0) is 14.4 Å². The van der Waals surface area contributed by atoms with Crippen LogP contribution in [0.25, 0.3) is 0 Å². The highest BCUT2D eigenvalue weighted by Gasteiger charge is 2.33. The minimum atomic E-state index is -0.771. The molecule has 21 heavy (non-hydrogen) atoms. The van der Waals surface area contributed by atoms with Crippen molar-refractivity contribution < 1.29 is 19.5 Å². The number of carbonyl (C=O) groups excluding carboxylic acids is 2. The monoisotopic (exact) mass is 288 g/mol. The van der Waals surface area contributed by atoms with Gasteiger partial charge in [0.15, 0.2) is 0 Å². The molecule has 1 atom stereocenters. The van der Waals surface area contributed by atoms with Crippen LogP contribution in [0.2, 0.25) is 0 Å². The van der Waals surface area contributed by atoms with E-state index in [0.717, 1.165) is 11.3 Å². The van der Waals surface area contributed by atoms with E-state index in [1.54, 1.807) is 0 Å². The molecule has 3 rings (SSSR count). The summed E-state index contributed by atoms with van der Waals surface area (Å²) in [7, 11) is 0. The smallest absolute Gasteiger partial charge is 0.310 e. The molecule has 0 radical (unpaired) electrons. The van der Waals surface area contributed by atoms with Crippen LogP contribution in [-0.4, -0.2) is 36.0 Å². The largest absolute Gasteiger partial charge is 0.481 e. The van der Waals surface area contributed by atoms with Crippen molar-refractivity contribution in [2.75, 3.05) is 18.0 Å². The van der Waals surface area contributed by atoms with Gasteiger partial charge < -0.3 is 10.0 Å². The van der Waals surface area contributed by atoms with Crippen LogP contribution in [0, 0.1) is 5.92 Å². The second-order valence-corrected chi connectivity index (χ2v) is 5.54. The van der Waals surface area contributed by atoms with Crippen molar-refractivity contribution in [1.82, 2.24) is 5.32 Å². The number of nitrogens with one attached hydrogen (secondary N) is 1. The van der Waals surface area contributed by atoms with E-state index in [1.165, 1.54) is 0 Å². The molecule has 110 valence electrons. The summed E-state index contributed by atoms with van der Waals surface area (Å²) >= 11 is 0. The average molecular weight is 288 g/mol. The van der Waals surface area contributed by atoms with Crippen LogP contribution in [0.1, 0.15) is 24.3 Å². The normalized spacial score (nSPS) is 22.7. The van der Waals surface area contributed by atoms with Crippen LogP contribution < -0.4 is 10.2 Å². The number of carboxylic acids is 1. The Bertz CT molecular complexity index is 607. The Morgan fingerprint density at radius 2 is 2.05 bits per heavy atom. The van der Waals surface area contributed by atoms with Crippen LogP contribution >= 0.6 is 0 Å². The first-order chi connectivity index (χ1) is 10.0. The first-order valence-corrected chi connectivity index (χ1v) is 6.96. The molecule has 2 heterocycles. The highest BCUT2D eigenvalue weighted by atomic mass is 16.4. The maximum atomic E-state index is 11.9. The summed E-state index contributed by atoms with van der Waals surface area (Å²) in [5, 5.41) is 11.3. The highest BCUT2D eigenvalue weighted by Crippen LogP contribution is 2.30. The third kappa shape index (κ3) is 2.61. The molecule has 2 amide bonds. The minimum absolute atomic E-state index is 0.223. The van der Waals surface area contributed by atoms with Crippen molar-refractivity contribution in [3.05, 3.63) is 29.8 Å². The van der Waals surface area contributed by atoms with E-state index >= 15 is 0 Å². The topological polar surface area (TPSA) is 86.7 Å². The number of hydrogen-bond donors (Lipinski definition) is 2. The van der Waals surface area contributed by atoms with Crippen molar-refractivity contribution in [2.45, 2.75) is 18.8 Å². The number of imide groups is 1. The van der Waals surface area contributed by atoms with E-state index in [2.05, 4.69) is 5.32 Å². The molecular formula is C15H16N2O4. The molecule has 0 spiro atoms. The quantitative estimate of drug-likeness (QED) is 0.801. The Morgan fingerprint density at radius 3 is 2.71 bits per heavy atom. The number of hydrogen-bond acceptors (Lipinski definition) is 4. The lowest BCUT2D eigenvalue weighted by molar-refractivity contribution is -0.142. The van der Waals surface area contributed by atoms with Gasteiger partial charge in [0.1, 0.15) is 0 Å². The third-order valence-electron chi connectivity index (χ3n) is 4.11. The number of carboxylic acid groups (broad SMARTS) is 1. The maximum Gasteiger partial charge on any atom is 0.310 e. The van der Waals surface area contributed by atoms with Crippen molar-refractivity contribution >= 4 is 23.5 Å². The van der Waals surface area contributed by atoms with Crippen molar-refractivity contribution in [3.63, 3.8) is 0 Å². The highest BCUT2D eigenvalue weighted by molar-refractivity contribution is 6.01. The molecular weight excluding hydrogens is 272 g/mol. The maximum absolute atomic E-state index is 11.9. The zero-order valence-electron chi connectivity index (χ0n) is 11.4. The van der Waals surface area contributed by atoms with Gasteiger partial charge in [0.05, 0.1) is 11.8 Å². The molecule has 2 fully saturated rings. The predicted molar refractivity (Wildman–Crippen MR) is 74.9 cm³/mol. The molecule has 0 saturated carbocycles. The summed E-state index contributed by atoms with van der Waals surface area (Å²) in [4.78, 5) is 35.9. The van der Waals surface area contributed by atoms with Crippen molar-refractivity contribution in [3.8, 4) is 0 Å². The number of piperidine rings is 1. The molecule has 2 aliphatic rings. The van der Waals surface area contributed by atoms with Crippen LogP contribution in [0.4, 0.5) is 5.69 Å². The summed E-state index contributed by atoms with van der Waals surface area (Å²) in [6.07, 6.45) is 0.872. The van der Waals surface area contributed by atoms with Gasteiger partial charge in [0, 0.05) is 25.2 Å². The predicted octanol–water partition coefficient (Wildman–Crippen LogP) is 0.728. The Kier molecular flexibility index (Phi) is 3.37. The van der Waals surface area contributed by atoms with Crippen LogP contribution in [0.15, 0.2) is 24.3 Å². The number of nitrogens with zero attached hydrogens (tertiary/aromatic N) is 1. The Morgan fingerprint density at radius 1 is 1.29 bits per heavy atom. The molecule has 2 N–H and O–H groups in total. The molecule has 1 aromatic rings. The van der Waals surface area contributed by atoms with E-state index in [9.17, 15) is 14.4 Å². The van der Waals surface area contributed by atoms with Crippen molar-refractivity contribution in [2.24, 2.45) is 5.92 Å². The van der Waals surface area contributed by atoms with Gasteiger partial charge in [0.2, 0.25) is 11.8 Å². The zero-order chi connectivity index (χ0) is 15.0. The summed E-state index contributed by atoms with van der Waals surface area (Å²) in [5.74, 6) is -1.87. The Labute approximate surface area is 121 Å². The molecule has 0 bridgehead atoms.